The van der Waals surface area contributed by atoms with Gasteiger partial charge in [0, 0.05) is 11.6 Å². The summed E-state index contributed by atoms with van der Waals surface area (Å²) in [5.74, 6) is -0.417. The van der Waals surface area contributed by atoms with Gasteiger partial charge in [-0.2, -0.15) is 0 Å². The fraction of sp³-hybridized carbons (Fsp3) is 0.357. The topological polar surface area (TPSA) is 101 Å². The van der Waals surface area contributed by atoms with Gasteiger partial charge in [-0.05, 0) is 31.0 Å². The second-order valence-corrected chi connectivity index (χ2v) is 7.88. The summed E-state index contributed by atoms with van der Waals surface area (Å²) in [6.07, 6.45) is 3.79. The quantitative estimate of drug-likeness (QED) is 0.857. The molecule has 3 rings (SSSR count). The van der Waals surface area contributed by atoms with E-state index in [1.807, 2.05) is 0 Å². The van der Waals surface area contributed by atoms with Crippen molar-refractivity contribution in [3.05, 3.63) is 35.3 Å². The highest BCUT2D eigenvalue weighted by Crippen LogP contribution is 2.21. The van der Waals surface area contributed by atoms with E-state index in [1.165, 1.54) is 29.0 Å². The lowest BCUT2D eigenvalue weighted by Crippen LogP contribution is -2.32. The number of nitrogens with zero attached hydrogens (tertiary/aromatic N) is 2. The Kier molecular flexibility index (Phi) is 4.69. The number of rotatable bonds is 5. The summed E-state index contributed by atoms with van der Waals surface area (Å²) < 4.78 is 27.5. The fourth-order valence-corrected chi connectivity index (χ4v) is 4.32. The molecule has 0 spiro atoms. The molecule has 1 aliphatic carbocycles. The average Bonchev–Trinajstić information content (AvgIpc) is 3.21. The van der Waals surface area contributed by atoms with E-state index in [-0.39, 0.29) is 16.5 Å². The maximum absolute atomic E-state index is 12.4. The lowest BCUT2D eigenvalue weighted by atomic mass is 10.2. The molecule has 7 nitrogen and oxygen atoms in total. The number of anilines is 1. The largest absolute Gasteiger partial charge is 0.296 e. The van der Waals surface area contributed by atoms with E-state index < -0.39 is 15.9 Å². The van der Waals surface area contributed by atoms with Gasteiger partial charge >= 0.3 is 0 Å². The smallest absolute Gasteiger partial charge is 0.257 e. The normalized spacial score (nSPS) is 15.7. The van der Waals surface area contributed by atoms with Crippen LogP contribution in [0.5, 0.6) is 0 Å². The molecule has 0 aliphatic heterocycles. The molecule has 0 saturated heterocycles. The van der Waals surface area contributed by atoms with E-state index in [2.05, 4.69) is 20.2 Å². The molecule has 0 atom stereocenters. The van der Waals surface area contributed by atoms with Gasteiger partial charge in [0.1, 0.15) is 5.51 Å². The summed E-state index contributed by atoms with van der Waals surface area (Å²) >= 11 is 1.19. The molecule has 23 heavy (non-hydrogen) atoms. The summed E-state index contributed by atoms with van der Waals surface area (Å²) in [5, 5.41) is 10.3. The molecule has 1 aromatic carbocycles. The molecule has 1 fully saturated rings. The summed E-state index contributed by atoms with van der Waals surface area (Å²) in [4.78, 5) is 12.2. The predicted molar refractivity (Wildman–Crippen MR) is 86.9 cm³/mol. The Morgan fingerprint density at radius 1 is 1.26 bits per heavy atom. The molecule has 9 heteroatoms. The Balaban J connectivity index is 1.77. The van der Waals surface area contributed by atoms with Crippen molar-refractivity contribution in [2.75, 3.05) is 5.32 Å². The Hall–Kier alpha value is -1.84. The Bertz CT molecular complexity index is 784. The predicted octanol–water partition coefficient (Wildman–Crippen LogP) is 2.01. The van der Waals surface area contributed by atoms with Crippen LogP contribution in [0.4, 0.5) is 5.13 Å². The van der Waals surface area contributed by atoms with Gasteiger partial charge in [0.15, 0.2) is 0 Å². The van der Waals surface area contributed by atoms with Gasteiger partial charge in [0.2, 0.25) is 15.2 Å². The van der Waals surface area contributed by atoms with Crippen LogP contribution < -0.4 is 10.0 Å². The molecule has 1 aromatic heterocycles. The third-order valence-corrected chi connectivity index (χ3v) is 5.79. The van der Waals surface area contributed by atoms with Crippen LogP contribution in [-0.2, 0) is 10.0 Å². The third kappa shape index (κ3) is 3.92. The number of carbonyl (C=O) groups is 1. The zero-order chi connectivity index (χ0) is 16.3. The standard InChI is InChI=1S/C14H16N4O3S2/c19-13(16-14-17-15-9-22-14)10-4-3-7-12(8-10)23(20,21)18-11-5-1-2-6-11/h3-4,7-9,11,18H,1-2,5-6H2,(H,16,17,19). The first-order chi connectivity index (χ1) is 11.0. The molecule has 0 bridgehead atoms. The first-order valence-electron chi connectivity index (χ1n) is 7.24. The summed E-state index contributed by atoms with van der Waals surface area (Å²) in [6.45, 7) is 0. The van der Waals surface area contributed by atoms with Crippen LogP contribution in [0.15, 0.2) is 34.7 Å². The van der Waals surface area contributed by atoms with Gasteiger partial charge < -0.3 is 0 Å². The van der Waals surface area contributed by atoms with Crippen LogP contribution in [0, 0.1) is 0 Å². The molecular weight excluding hydrogens is 336 g/mol. The monoisotopic (exact) mass is 352 g/mol. The highest BCUT2D eigenvalue weighted by molar-refractivity contribution is 7.89. The molecule has 1 amide bonds. The zero-order valence-corrected chi connectivity index (χ0v) is 13.9. The minimum Gasteiger partial charge on any atom is -0.296 e. The van der Waals surface area contributed by atoms with Crippen LogP contribution in [0.25, 0.3) is 0 Å². The van der Waals surface area contributed by atoms with Gasteiger partial charge in [0.25, 0.3) is 5.91 Å². The minimum atomic E-state index is -3.62. The first kappa shape index (κ1) is 16.0. The van der Waals surface area contributed by atoms with Gasteiger partial charge in [0.05, 0.1) is 4.90 Å². The van der Waals surface area contributed by atoms with E-state index in [9.17, 15) is 13.2 Å². The second-order valence-electron chi connectivity index (χ2n) is 5.33. The molecule has 2 aromatic rings. The molecular formula is C14H16N4O3S2. The number of aromatic nitrogens is 2. The highest BCUT2D eigenvalue weighted by Gasteiger charge is 2.23. The van der Waals surface area contributed by atoms with Crippen molar-refractivity contribution in [3.8, 4) is 0 Å². The molecule has 122 valence electrons. The SMILES string of the molecule is O=C(Nc1nncs1)c1cccc(S(=O)(=O)NC2CCCC2)c1. The molecule has 0 unspecified atom stereocenters. The number of benzene rings is 1. The van der Waals surface area contributed by atoms with E-state index in [4.69, 9.17) is 0 Å². The third-order valence-electron chi connectivity index (χ3n) is 3.66. The van der Waals surface area contributed by atoms with Crippen molar-refractivity contribution < 1.29 is 13.2 Å². The number of hydrogen-bond acceptors (Lipinski definition) is 6. The van der Waals surface area contributed by atoms with Crippen LogP contribution in [0.1, 0.15) is 36.0 Å². The van der Waals surface area contributed by atoms with Gasteiger partial charge in [-0.3, -0.25) is 10.1 Å². The Morgan fingerprint density at radius 3 is 2.74 bits per heavy atom. The number of nitrogens with one attached hydrogen (secondary N) is 2. The second kappa shape index (κ2) is 6.73. The van der Waals surface area contributed by atoms with Crippen molar-refractivity contribution in [2.45, 2.75) is 36.6 Å². The van der Waals surface area contributed by atoms with E-state index in [1.54, 1.807) is 12.1 Å². The fourth-order valence-electron chi connectivity index (χ4n) is 2.53. The van der Waals surface area contributed by atoms with Crippen molar-refractivity contribution in [1.29, 1.82) is 0 Å². The van der Waals surface area contributed by atoms with Crippen LogP contribution in [-0.4, -0.2) is 30.6 Å². The number of sulfonamides is 1. The van der Waals surface area contributed by atoms with E-state index in [0.717, 1.165) is 25.7 Å². The maximum Gasteiger partial charge on any atom is 0.257 e. The van der Waals surface area contributed by atoms with Crippen LogP contribution in [0.2, 0.25) is 0 Å². The number of amides is 1. The lowest BCUT2D eigenvalue weighted by Gasteiger charge is -2.13. The summed E-state index contributed by atoms with van der Waals surface area (Å²) in [5.41, 5.74) is 1.76. The average molecular weight is 352 g/mol. The van der Waals surface area contributed by atoms with Crippen molar-refractivity contribution in [1.82, 2.24) is 14.9 Å². The minimum absolute atomic E-state index is 0.0149. The van der Waals surface area contributed by atoms with Gasteiger partial charge in [-0.25, -0.2) is 13.1 Å². The number of carbonyl (C=O) groups excluding carboxylic acids is 1. The van der Waals surface area contributed by atoms with Gasteiger partial charge in [-0.15, -0.1) is 10.2 Å². The Labute approximate surface area is 138 Å². The summed E-state index contributed by atoms with van der Waals surface area (Å²) in [6, 6.07) is 5.95. The molecule has 0 radical (unpaired) electrons. The van der Waals surface area contributed by atoms with Crippen LogP contribution >= 0.6 is 11.3 Å². The lowest BCUT2D eigenvalue weighted by molar-refractivity contribution is 0.102. The van der Waals surface area contributed by atoms with E-state index in [0.29, 0.717) is 5.13 Å². The first-order valence-corrected chi connectivity index (χ1v) is 9.61. The highest BCUT2D eigenvalue weighted by atomic mass is 32.2. The Morgan fingerprint density at radius 2 is 2.04 bits per heavy atom. The van der Waals surface area contributed by atoms with Crippen molar-refractivity contribution in [3.63, 3.8) is 0 Å². The molecule has 1 heterocycles. The summed E-state index contributed by atoms with van der Waals surface area (Å²) in [7, 11) is -3.62. The maximum atomic E-state index is 12.4. The van der Waals surface area contributed by atoms with Crippen LogP contribution in [0.3, 0.4) is 0 Å². The van der Waals surface area contributed by atoms with E-state index >= 15 is 0 Å². The molecule has 2 N–H and O–H groups in total. The number of hydrogen-bond donors (Lipinski definition) is 2. The molecule has 1 aliphatic rings. The van der Waals surface area contributed by atoms with Gasteiger partial charge in [-0.1, -0.05) is 30.2 Å². The zero-order valence-electron chi connectivity index (χ0n) is 12.2. The molecule has 1 saturated carbocycles. The van der Waals surface area contributed by atoms with Crippen molar-refractivity contribution >= 4 is 32.4 Å². The van der Waals surface area contributed by atoms with Crippen molar-refractivity contribution in [2.24, 2.45) is 0 Å².